The van der Waals surface area contributed by atoms with Crippen LogP contribution in [0.3, 0.4) is 0 Å². The van der Waals surface area contributed by atoms with Crippen LogP contribution in [0.4, 0.5) is 0 Å². The van der Waals surface area contributed by atoms with Crippen molar-refractivity contribution in [3.63, 3.8) is 0 Å². The Balaban J connectivity index is 1.93. The Morgan fingerprint density at radius 1 is 1.11 bits per heavy atom. The monoisotopic (exact) mass is 271 g/mol. The minimum Gasteiger partial charge on any atom is -0.481 e. The van der Waals surface area contributed by atoms with Gasteiger partial charge in [0.1, 0.15) is 0 Å². The van der Waals surface area contributed by atoms with Crippen LogP contribution < -0.4 is 5.32 Å². The highest BCUT2D eigenvalue weighted by Gasteiger charge is 2.12. The first-order valence-corrected chi connectivity index (χ1v) is 6.97. The number of hydrogen-bond donors (Lipinski definition) is 2. The van der Waals surface area contributed by atoms with E-state index in [2.05, 4.69) is 22.2 Å². The number of amides is 1. The summed E-state index contributed by atoms with van der Waals surface area (Å²) in [5, 5.41) is 11.2. The zero-order chi connectivity index (χ0) is 14.1. The fourth-order valence-electron chi connectivity index (χ4n) is 2.07. The average Bonchev–Trinajstić information content (AvgIpc) is 2.38. The summed E-state index contributed by atoms with van der Waals surface area (Å²) in [6.07, 6.45) is 2.01. The summed E-state index contributed by atoms with van der Waals surface area (Å²) in [6.45, 7) is 6.24. The van der Waals surface area contributed by atoms with E-state index in [0.717, 1.165) is 45.6 Å². The van der Waals surface area contributed by atoms with E-state index in [-0.39, 0.29) is 18.7 Å². The van der Waals surface area contributed by atoms with Gasteiger partial charge in [-0.05, 0) is 26.4 Å². The predicted octanol–water partition coefficient (Wildman–Crippen LogP) is -0.00500. The van der Waals surface area contributed by atoms with Crippen LogP contribution in [0.25, 0.3) is 0 Å². The molecule has 1 saturated heterocycles. The predicted molar refractivity (Wildman–Crippen MR) is 73.1 cm³/mol. The van der Waals surface area contributed by atoms with E-state index in [0.29, 0.717) is 6.54 Å². The highest BCUT2D eigenvalue weighted by molar-refractivity contribution is 5.80. The summed E-state index contributed by atoms with van der Waals surface area (Å²) in [6, 6.07) is 0. The molecule has 110 valence electrons. The number of unbranched alkanes of at least 4 members (excludes halogenated alkanes) is 1. The minimum atomic E-state index is -0.926. The molecule has 1 aliphatic rings. The Kier molecular flexibility index (Phi) is 7.43. The number of nitrogens with one attached hydrogen (secondary N) is 1. The molecule has 0 aliphatic carbocycles. The van der Waals surface area contributed by atoms with Gasteiger partial charge in [0, 0.05) is 39.1 Å². The van der Waals surface area contributed by atoms with E-state index in [4.69, 9.17) is 5.11 Å². The Labute approximate surface area is 114 Å². The Bertz CT molecular complexity index is 289. The van der Waals surface area contributed by atoms with Gasteiger partial charge in [0.2, 0.25) is 5.91 Å². The van der Waals surface area contributed by atoms with Crippen LogP contribution in [0.1, 0.15) is 25.7 Å². The molecule has 2 N–H and O–H groups in total. The Hall–Kier alpha value is -1.14. The van der Waals surface area contributed by atoms with Crippen molar-refractivity contribution in [3.8, 4) is 0 Å². The van der Waals surface area contributed by atoms with E-state index in [1.165, 1.54) is 0 Å². The molecule has 0 radical (unpaired) electrons. The van der Waals surface area contributed by atoms with E-state index in [1.54, 1.807) is 0 Å². The molecule has 1 amide bonds. The van der Waals surface area contributed by atoms with Gasteiger partial charge < -0.3 is 20.2 Å². The van der Waals surface area contributed by atoms with Gasteiger partial charge in [-0.2, -0.15) is 0 Å². The lowest BCUT2D eigenvalue weighted by molar-refractivity contribution is -0.138. The number of nitrogens with zero attached hydrogens (tertiary/aromatic N) is 2. The number of carboxylic acid groups (broad SMARTS) is 1. The zero-order valence-corrected chi connectivity index (χ0v) is 11.7. The summed E-state index contributed by atoms with van der Waals surface area (Å²) in [7, 11) is 2.14. The van der Waals surface area contributed by atoms with Crippen molar-refractivity contribution in [1.82, 2.24) is 15.1 Å². The Morgan fingerprint density at radius 3 is 2.42 bits per heavy atom. The molecular weight excluding hydrogens is 246 g/mol. The van der Waals surface area contributed by atoms with Crippen LogP contribution in [-0.4, -0.2) is 73.1 Å². The van der Waals surface area contributed by atoms with Crippen LogP contribution in [0.15, 0.2) is 0 Å². The second kappa shape index (κ2) is 8.87. The van der Waals surface area contributed by atoms with Gasteiger partial charge in [0.25, 0.3) is 0 Å². The van der Waals surface area contributed by atoms with Gasteiger partial charge in [0.05, 0.1) is 6.42 Å². The first-order chi connectivity index (χ1) is 9.08. The topological polar surface area (TPSA) is 72.9 Å². The molecule has 6 nitrogen and oxygen atoms in total. The smallest absolute Gasteiger partial charge is 0.303 e. The number of rotatable bonds is 8. The van der Waals surface area contributed by atoms with Crippen molar-refractivity contribution in [2.45, 2.75) is 25.7 Å². The molecule has 0 aromatic heterocycles. The third-order valence-corrected chi connectivity index (χ3v) is 3.39. The standard InChI is InChI=1S/C13H25N3O3/c1-15-8-10-16(11-9-15)7-3-2-6-14-12(17)4-5-13(18)19/h2-11H2,1H3,(H,14,17)(H,18,19). The molecule has 1 fully saturated rings. The van der Waals surface area contributed by atoms with Gasteiger partial charge in [-0.1, -0.05) is 0 Å². The number of carbonyl (C=O) groups excluding carboxylic acids is 1. The second-order valence-corrected chi connectivity index (χ2v) is 5.10. The van der Waals surface area contributed by atoms with E-state index < -0.39 is 5.97 Å². The number of likely N-dealkylation sites (N-methyl/N-ethyl adjacent to an activating group) is 1. The molecule has 0 aromatic carbocycles. The summed E-state index contributed by atoms with van der Waals surface area (Å²) in [4.78, 5) is 26.3. The van der Waals surface area contributed by atoms with Crippen LogP contribution >= 0.6 is 0 Å². The molecule has 6 heteroatoms. The lowest BCUT2D eigenvalue weighted by Gasteiger charge is -2.32. The van der Waals surface area contributed by atoms with Crippen molar-refractivity contribution in [3.05, 3.63) is 0 Å². The molecule has 0 aromatic rings. The first-order valence-electron chi connectivity index (χ1n) is 6.97. The number of aliphatic carboxylic acids is 1. The fourth-order valence-corrected chi connectivity index (χ4v) is 2.07. The van der Waals surface area contributed by atoms with Crippen LogP contribution in [0, 0.1) is 0 Å². The third kappa shape index (κ3) is 7.79. The van der Waals surface area contributed by atoms with Gasteiger partial charge in [-0.3, -0.25) is 9.59 Å². The fraction of sp³-hybridized carbons (Fsp3) is 0.846. The lowest BCUT2D eigenvalue weighted by atomic mass is 10.2. The maximum absolute atomic E-state index is 11.3. The molecule has 0 spiro atoms. The summed E-state index contributed by atoms with van der Waals surface area (Å²) >= 11 is 0. The average molecular weight is 271 g/mol. The second-order valence-electron chi connectivity index (χ2n) is 5.10. The van der Waals surface area contributed by atoms with E-state index in [1.807, 2.05) is 0 Å². The van der Waals surface area contributed by atoms with Gasteiger partial charge in [-0.15, -0.1) is 0 Å². The van der Waals surface area contributed by atoms with Crippen molar-refractivity contribution in [1.29, 1.82) is 0 Å². The third-order valence-electron chi connectivity index (χ3n) is 3.39. The number of piperazine rings is 1. The molecular formula is C13H25N3O3. The van der Waals surface area contributed by atoms with Crippen LogP contribution in [0.2, 0.25) is 0 Å². The van der Waals surface area contributed by atoms with Crippen LogP contribution in [-0.2, 0) is 9.59 Å². The van der Waals surface area contributed by atoms with Gasteiger partial charge in [-0.25, -0.2) is 0 Å². The maximum atomic E-state index is 11.3. The highest BCUT2D eigenvalue weighted by atomic mass is 16.4. The SMILES string of the molecule is CN1CCN(CCCCNC(=O)CCC(=O)O)CC1. The zero-order valence-electron chi connectivity index (χ0n) is 11.7. The molecule has 0 bridgehead atoms. The largest absolute Gasteiger partial charge is 0.481 e. The first kappa shape index (κ1) is 15.9. The molecule has 0 saturated carbocycles. The van der Waals surface area contributed by atoms with E-state index in [9.17, 15) is 9.59 Å². The van der Waals surface area contributed by atoms with Gasteiger partial charge >= 0.3 is 5.97 Å². The number of carbonyl (C=O) groups is 2. The van der Waals surface area contributed by atoms with Crippen molar-refractivity contribution in [2.24, 2.45) is 0 Å². The lowest BCUT2D eigenvalue weighted by Crippen LogP contribution is -2.44. The van der Waals surface area contributed by atoms with E-state index >= 15 is 0 Å². The summed E-state index contributed by atoms with van der Waals surface area (Å²) < 4.78 is 0. The molecule has 1 aliphatic heterocycles. The summed E-state index contributed by atoms with van der Waals surface area (Å²) in [5.41, 5.74) is 0. The van der Waals surface area contributed by atoms with Gasteiger partial charge in [0.15, 0.2) is 0 Å². The highest BCUT2D eigenvalue weighted by Crippen LogP contribution is 2.01. The molecule has 0 unspecified atom stereocenters. The number of carboxylic acids is 1. The number of hydrogen-bond acceptors (Lipinski definition) is 4. The quantitative estimate of drug-likeness (QED) is 0.608. The van der Waals surface area contributed by atoms with Crippen molar-refractivity contribution >= 4 is 11.9 Å². The van der Waals surface area contributed by atoms with Crippen LogP contribution in [0.5, 0.6) is 0 Å². The minimum absolute atomic E-state index is 0.0772. The molecule has 1 heterocycles. The molecule has 1 rings (SSSR count). The molecule has 0 atom stereocenters. The van der Waals surface area contributed by atoms with Crippen molar-refractivity contribution < 1.29 is 14.7 Å². The van der Waals surface area contributed by atoms with Crippen molar-refractivity contribution in [2.75, 3.05) is 46.3 Å². The Morgan fingerprint density at radius 2 is 1.79 bits per heavy atom. The molecule has 19 heavy (non-hydrogen) atoms. The summed E-state index contributed by atoms with van der Waals surface area (Å²) in [5.74, 6) is -1.09. The maximum Gasteiger partial charge on any atom is 0.303 e. The normalized spacial score (nSPS) is 17.3.